The van der Waals surface area contributed by atoms with E-state index in [0.29, 0.717) is 0 Å². The Morgan fingerprint density at radius 1 is 0.750 bits per heavy atom. The molecule has 20 heavy (non-hydrogen) atoms. The van der Waals surface area contributed by atoms with Crippen LogP contribution in [0.4, 0.5) is 9.59 Å². The van der Waals surface area contributed by atoms with Gasteiger partial charge in [0, 0.05) is 0 Å². The van der Waals surface area contributed by atoms with Gasteiger partial charge < -0.3 is 20.9 Å². The number of amides is 2. The summed E-state index contributed by atoms with van der Waals surface area (Å²) in [4.78, 5) is 20.7. The molecule has 0 aliphatic heterocycles. The smallest absolute Gasteiger partial charge is 0.405 e. The van der Waals surface area contributed by atoms with E-state index in [1.54, 1.807) is 0 Å². The fourth-order valence-corrected chi connectivity index (χ4v) is 2.66. The summed E-state index contributed by atoms with van der Waals surface area (Å²) in [6, 6.07) is 0. The maximum Gasteiger partial charge on any atom is 0.405 e. The van der Waals surface area contributed by atoms with E-state index in [0.717, 1.165) is 44.9 Å². The number of nitrogens with two attached hydrogens (primary N) is 2. The Labute approximate surface area is 120 Å². The molecule has 0 bridgehead atoms. The SMILES string of the molecule is CC1(OC(N)=O)CCC1.CC1(OC(N)=O)CCCCC1. The van der Waals surface area contributed by atoms with Crippen LogP contribution >= 0.6 is 0 Å². The van der Waals surface area contributed by atoms with Crippen molar-refractivity contribution in [1.82, 2.24) is 0 Å². The topological polar surface area (TPSA) is 105 Å². The zero-order valence-electron chi connectivity index (χ0n) is 12.4. The normalized spacial score (nSPS) is 22.5. The molecule has 0 heterocycles. The number of ether oxygens (including phenoxy) is 2. The lowest BCUT2D eigenvalue weighted by molar-refractivity contribution is -0.0279. The maximum atomic E-state index is 10.5. The second-order valence-corrected chi connectivity index (χ2v) is 6.16. The van der Waals surface area contributed by atoms with Gasteiger partial charge in [-0.15, -0.1) is 0 Å². The molecule has 2 amide bonds. The fraction of sp³-hybridized carbons (Fsp3) is 0.857. The highest BCUT2D eigenvalue weighted by molar-refractivity contribution is 5.65. The summed E-state index contributed by atoms with van der Waals surface area (Å²) < 4.78 is 9.83. The van der Waals surface area contributed by atoms with E-state index in [2.05, 4.69) is 0 Å². The van der Waals surface area contributed by atoms with Gasteiger partial charge in [0.1, 0.15) is 11.2 Å². The Morgan fingerprint density at radius 2 is 1.10 bits per heavy atom. The molecular formula is C14H26N2O4. The van der Waals surface area contributed by atoms with Gasteiger partial charge in [-0.3, -0.25) is 0 Å². The summed E-state index contributed by atoms with van der Waals surface area (Å²) in [5.41, 5.74) is 9.27. The van der Waals surface area contributed by atoms with Gasteiger partial charge in [0.15, 0.2) is 0 Å². The second kappa shape index (κ2) is 6.81. The molecule has 2 saturated carbocycles. The van der Waals surface area contributed by atoms with Gasteiger partial charge in [0.05, 0.1) is 0 Å². The third-order valence-electron chi connectivity index (χ3n) is 4.02. The first-order chi connectivity index (χ1) is 9.25. The van der Waals surface area contributed by atoms with Crippen LogP contribution in [-0.4, -0.2) is 23.4 Å². The van der Waals surface area contributed by atoms with Crippen molar-refractivity contribution in [1.29, 1.82) is 0 Å². The molecule has 0 aromatic heterocycles. The Balaban J connectivity index is 0.000000204. The highest BCUT2D eigenvalue weighted by atomic mass is 16.6. The minimum absolute atomic E-state index is 0.230. The van der Waals surface area contributed by atoms with Crippen LogP contribution < -0.4 is 11.5 Å². The number of rotatable bonds is 2. The van der Waals surface area contributed by atoms with Crippen molar-refractivity contribution in [3.8, 4) is 0 Å². The van der Waals surface area contributed by atoms with Gasteiger partial charge in [-0.05, 0) is 58.8 Å². The number of carbonyl (C=O) groups excluding carboxylic acids is 2. The molecule has 0 aromatic carbocycles. The summed E-state index contributed by atoms with van der Waals surface area (Å²) in [6.45, 7) is 3.86. The lowest BCUT2D eigenvalue weighted by atomic mass is 9.82. The Morgan fingerprint density at radius 3 is 1.35 bits per heavy atom. The number of primary amides is 2. The molecule has 4 N–H and O–H groups in total. The summed E-state index contributed by atoms with van der Waals surface area (Å²) in [5, 5.41) is 0. The third-order valence-corrected chi connectivity index (χ3v) is 4.02. The molecule has 2 aliphatic rings. The molecule has 6 nitrogen and oxygen atoms in total. The molecule has 6 heteroatoms. The highest BCUT2D eigenvalue weighted by Gasteiger charge is 2.35. The summed E-state index contributed by atoms with van der Waals surface area (Å²) in [7, 11) is 0. The predicted molar refractivity (Wildman–Crippen MR) is 75.1 cm³/mol. The van der Waals surface area contributed by atoms with E-state index in [1.165, 1.54) is 6.42 Å². The first kappa shape index (κ1) is 16.6. The average molecular weight is 286 g/mol. The van der Waals surface area contributed by atoms with E-state index < -0.39 is 12.2 Å². The van der Waals surface area contributed by atoms with Crippen LogP contribution in [0.1, 0.15) is 65.2 Å². The van der Waals surface area contributed by atoms with Crippen molar-refractivity contribution in [3.05, 3.63) is 0 Å². The van der Waals surface area contributed by atoms with Gasteiger partial charge in [-0.1, -0.05) is 6.42 Å². The maximum absolute atomic E-state index is 10.5. The van der Waals surface area contributed by atoms with Gasteiger partial charge in [-0.2, -0.15) is 0 Å². The van der Waals surface area contributed by atoms with Crippen molar-refractivity contribution >= 4 is 12.2 Å². The van der Waals surface area contributed by atoms with Gasteiger partial charge >= 0.3 is 12.2 Å². The molecule has 0 spiro atoms. The van der Waals surface area contributed by atoms with Crippen LogP contribution in [0.5, 0.6) is 0 Å². The Kier molecular flexibility index (Phi) is 5.65. The number of carbonyl (C=O) groups is 2. The zero-order valence-corrected chi connectivity index (χ0v) is 12.4. The predicted octanol–water partition coefficient (Wildman–Crippen LogP) is 2.83. The molecule has 2 rings (SSSR count). The van der Waals surface area contributed by atoms with Crippen LogP contribution in [0.3, 0.4) is 0 Å². The number of hydrogen-bond donors (Lipinski definition) is 2. The first-order valence-electron chi connectivity index (χ1n) is 7.22. The fourth-order valence-electron chi connectivity index (χ4n) is 2.66. The summed E-state index contributed by atoms with van der Waals surface area (Å²) in [6.07, 6.45) is 7.19. The van der Waals surface area contributed by atoms with Crippen molar-refractivity contribution < 1.29 is 19.1 Å². The minimum Gasteiger partial charge on any atom is -0.443 e. The lowest BCUT2D eigenvalue weighted by Crippen LogP contribution is -2.40. The number of hydrogen-bond acceptors (Lipinski definition) is 4. The van der Waals surface area contributed by atoms with Crippen molar-refractivity contribution in [2.45, 2.75) is 76.4 Å². The summed E-state index contributed by atoms with van der Waals surface area (Å²) >= 11 is 0. The quantitative estimate of drug-likeness (QED) is 0.814. The Bertz CT molecular complexity index is 347. The molecule has 0 unspecified atom stereocenters. The molecule has 2 aliphatic carbocycles. The molecule has 0 aromatic rings. The van der Waals surface area contributed by atoms with Crippen LogP contribution in [-0.2, 0) is 9.47 Å². The summed E-state index contributed by atoms with van der Waals surface area (Å²) in [5.74, 6) is 0. The zero-order chi connectivity index (χ0) is 15.2. The van der Waals surface area contributed by atoms with Crippen molar-refractivity contribution in [2.75, 3.05) is 0 Å². The molecule has 116 valence electrons. The van der Waals surface area contributed by atoms with E-state index in [-0.39, 0.29) is 11.2 Å². The monoisotopic (exact) mass is 286 g/mol. The molecule has 0 saturated heterocycles. The molecule has 0 radical (unpaired) electrons. The standard InChI is InChI=1S/C8H15NO2.C6H11NO2/c1-8(11-7(9)10)5-3-2-4-6-8;1-6(3-2-4-6)9-5(7)8/h2-6H2,1H3,(H2,9,10);2-4H2,1H3,(H2,7,8). The van der Waals surface area contributed by atoms with E-state index >= 15 is 0 Å². The van der Waals surface area contributed by atoms with E-state index in [9.17, 15) is 9.59 Å². The van der Waals surface area contributed by atoms with E-state index in [4.69, 9.17) is 20.9 Å². The average Bonchev–Trinajstić information content (AvgIpc) is 2.26. The van der Waals surface area contributed by atoms with Gasteiger partial charge in [-0.25, -0.2) is 9.59 Å². The van der Waals surface area contributed by atoms with Crippen LogP contribution in [0.2, 0.25) is 0 Å². The van der Waals surface area contributed by atoms with Gasteiger partial charge in [0.25, 0.3) is 0 Å². The minimum atomic E-state index is -0.655. The first-order valence-corrected chi connectivity index (χ1v) is 7.22. The van der Waals surface area contributed by atoms with Crippen molar-refractivity contribution in [3.63, 3.8) is 0 Å². The van der Waals surface area contributed by atoms with Crippen LogP contribution in [0.25, 0.3) is 0 Å². The van der Waals surface area contributed by atoms with E-state index in [1.807, 2.05) is 13.8 Å². The van der Waals surface area contributed by atoms with Crippen molar-refractivity contribution in [2.24, 2.45) is 11.5 Å². The van der Waals surface area contributed by atoms with Gasteiger partial charge in [0.2, 0.25) is 0 Å². The van der Waals surface area contributed by atoms with Crippen LogP contribution in [0.15, 0.2) is 0 Å². The molecule has 2 fully saturated rings. The Hall–Kier alpha value is -1.46. The highest BCUT2D eigenvalue weighted by Crippen LogP contribution is 2.34. The largest absolute Gasteiger partial charge is 0.443 e. The molecule has 0 atom stereocenters. The molecular weight excluding hydrogens is 260 g/mol. The second-order valence-electron chi connectivity index (χ2n) is 6.16. The third kappa shape index (κ3) is 5.67. The van der Waals surface area contributed by atoms with Crippen LogP contribution in [0, 0.1) is 0 Å². The lowest BCUT2D eigenvalue weighted by Gasteiger charge is -2.36.